The molecule has 0 bridgehead atoms. The van der Waals surface area contributed by atoms with Crippen molar-refractivity contribution in [2.45, 2.75) is 38.9 Å². The summed E-state index contributed by atoms with van der Waals surface area (Å²) in [5, 5.41) is 4.74. The van der Waals surface area contributed by atoms with Crippen LogP contribution in [0.1, 0.15) is 24.5 Å². The summed E-state index contributed by atoms with van der Waals surface area (Å²) in [5.41, 5.74) is 1.59. The molecule has 0 aliphatic rings. The number of methoxy groups -OCH3 is 1. The lowest BCUT2D eigenvalue weighted by atomic mass is 10.1. The molecule has 176 valence electrons. The number of rotatable bonds is 9. The highest BCUT2D eigenvalue weighted by Gasteiger charge is 2.17. The van der Waals surface area contributed by atoms with Crippen LogP contribution in [0.25, 0.3) is 10.2 Å². The molecule has 2 heterocycles. The first-order chi connectivity index (χ1) is 16.5. The first-order valence-electron chi connectivity index (χ1n) is 11.1. The molecular formula is C26H27N3O4S. The van der Waals surface area contributed by atoms with Crippen LogP contribution in [0.3, 0.4) is 0 Å². The Bertz CT molecular complexity index is 1410. The Kier molecular flexibility index (Phi) is 7.27. The largest absolute Gasteiger partial charge is 0.497 e. The van der Waals surface area contributed by atoms with E-state index in [0.29, 0.717) is 16.0 Å². The van der Waals surface area contributed by atoms with Gasteiger partial charge in [-0.1, -0.05) is 42.5 Å². The van der Waals surface area contributed by atoms with Crippen molar-refractivity contribution in [2.24, 2.45) is 0 Å². The number of nitrogens with one attached hydrogen (secondary N) is 1. The van der Waals surface area contributed by atoms with E-state index in [1.165, 1.54) is 26.0 Å². The first-order valence-corrected chi connectivity index (χ1v) is 12.0. The van der Waals surface area contributed by atoms with E-state index in [-0.39, 0.29) is 30.6 Å². The van der Waals surface area contributed by atoms with Gasteiger partial charge in [0, 0.05) is 6.04 Å². The van der Waals surface area contributed by atoms with Gasteiger partial charge in [-0.15, -0.1) is 11.3 Å². The molecule has 4 aromatic rings. The smallest absolute Gasteiger partial charge is 0.332 e. The van der Waals surface area contributed by atoms with Gasteiger partial charge >= 0.3 is 5.69 Å². The summed E-state index contributed by atoms with van der Waals surface area (Å²) >= 11 is 1.27. The standard InChI is InChI=1S/C26H27N3O4S/c1-18(11-12-19-7-4-3-5-8-19)27-23(30)17-28-22-13-14-34-24(22)25(31)29(26(28)32)16-20-9-6-10-21(15-20)33-2/h3-10,13-15,18H,11-12,16-17H2,1-2H3,(H,27,30)/t18-/m1/s1. The van der Waals surface area contributed by atoms with Crippen molar-refractivity contribution in [1.82, 2.24) is 14.5 Å². The molecule has 2 aromatic carbocycles. The maximum absolute atomic E-state index is 13.3. The second kappa shape index (κ2) is 10.5. The molecule has 4 rings (SSSR count). The third-order valence-corrected chi connectivity index (χ3v) is 6.62. The molecule has 0 fully saturated rings. The number of aromatic nitrogens is 2. The maximum Gasteiger partial charge on any atom is 0.332 e. The molecule has 0 saturated heterocycles. The van der Waals surface area contributed by atoms with Gasteiger partial charge in [-0.05, 0) is 54.5 Å². The van der Waals surface area contributed by atoms with Crippen molar-refractivity contribution in [3.8, 4) is 5.75 Å². The summed E-state index contributed by atoms with van der Waals surface area (Å²) in [6.45, 7) is 1.89. The molecule has 0 saturated carbocycles. The van der Waals surface area contributed by atoms with Gasteiger partial charge < -0.3 is 10.1 Å². The van der Waals surface area contributed by atoms with Crippen molar-refractivity contribution < 1.29 is 9.53 Å². The van der Waals surface area contributed by atoms with Crippen molar-refractivity contribution in [2.75, 3.05) is 7.11 Å². The number of carbonyl (C=O) groups excluding carboxylic acids is 1. The summed E-state index contributed by atoms with van der Waals surface area (Å²) in [6.07, 6.45) is 1.64. The average Bonchev–Trinajstić information content (AvgIpc) is 3.34. The molecule has 1 amide bonds. The van der Waals surface area contributed by atoms with Gasteiger partial charge in [0.15, 0.2) is 0 Å². The average molecular weight is 478 g/mol. The predicted molar refractivity (Wildman–Crippen MR) is 135 cm³/mol. The van der Waals surface area contributed by atoms with Crippen LogP contribution in [0.15, 0.2) is 75.6 Å². The Morgan fingerprint density at radius 1 is 1.03 bits per heavy atom. The fourth-order valence-electron chi connectivity index (χ4n) is 3.94. The van der Waals surface area contributed by atoms with Gasteiger partial charge in [-0.25, -0.2) is 4.79 Å². The summed E-state index contributed by atoms with van der Waals surface area (Å²) < 4.78 is 8.26. The van der Waals surface area contributed by atoms with E-state index in [4.69, 9.17) is 4.74 Å². The van der Waals surface area contributed by atoms with Crippen LogP contribution in [-0.2, 0) is 24.3 Å². The fourth-order valence-corrected chi connectivity index (χ4v) is 4.79. The SMILES string of the molecule is COc1cccc(Cn2c(=O)c3sccc3n(CC(=O)N[C@H](C)CCc3ccccc3)c2=O)c1. The lowest BCUT2D eigenvalue weighted by molar-refractivity contribution is -0.122. The molecule has 1 N–H and O–H groups in total. The third kappa shape index (κ3) is 5.28. The highest BCUT2D eigenvalue weighted by Crippen LogP contribution is 2.17. The van der Waals surface area contributed by atoms with Crippen LogP contribution >= 0.6 is 11.3 Å². The highest BCUT2D eigenvalue weighted by atomic mass is 32.1. The Morgan fingerprint density at radius 3 is 2.56 bits per heavy atom. The number of hydrogen-bond donors (Lipinski definition) is 1. The van der Waals surface area contributed by atoms with Crippen molar-refractivity contribution in [3.05, 3.63) is 98.0 Å². The monoisotopic (exact) mass is 477 g/mol. The lowest BCUT2D eigenvalue weighted by Gasteiger charge is -2.16. The zero-order chi connectivity index (χ0) is 24.1. The van der Waals surface area contributed by atoms with Crippen LogP contribution in [0.4, 0.5) is 0 Å². The van der Waals surface area contributed by atoms with Crippen molar-refractivity contribution in [1.29, 1.82) is 0 Å². The quantitative estimate of drug-likeness (QED) is 0.401. The summed E-state index contributed by atoms with van der Waals surface area (Å²) in [4.78, 5) is 39.2. The van der Waals surface area contributed by atoms with Gasteiger partial charge in [0.05, 0.1) is 19.2 Å². The zero-order valence-corrected chi connectivity index (χ0v) is 20.0. The molecule has 8 heteroatoms. The molecule has 0 aliphatic heterocycles. The molecular weight excluding hydrogens is 450 g/mol. The van der Waals surface area contributed by atoms with Crippen molar-refractivity contribution in [3.63, 3.8) is 0 Å². The normalized spacial score (nSPS) is 11.9. The Labute approximate surface area is 201 Å². The first kappa shape index (κ1) is 23.5. The summed E-state index contributed by atoms with van der Waals surface area (Å²) in [5.74, 6) is 0.383. The van der Waals surface area contributed by atoms with E-state index in [1.54, 1.807) is 30.7 Å². The minimum Gasteiger partial charge on any atom is -0.497 e. The van der Waals surface area contributed by atoms with Gasteiger partial charge in [0.2, 0.25) is 5.91 Å². The molecule has 7 nitrogen and oxygen atoms in total. The fraction of sp³-hybridized carbons (Fsp3) is 0.269. The topological polar surface area (TPSA) is 82.3 Å². The number of thiophene rings is 1. The van der Waals surface area contributed by atoms with E-state index in [1.807, 2.05) is 37.3 Å². The van der Waals surface area contributed by atoms with Crippen LogP contribution in [0, 0.1) is 0 Å². The second-order valence-corrected chi connectivity index (χ2v) is 9.16. The minimum atomic E-state index is -0.509. The van der Waals surface area contributed by atoms with Crippen LogP contribution in [0.5, 0.6) is 5.75 Å². The van der Waals surface area contributed by atoms with Gasteiger partial charge in [0.25, 0.3) is 5.56 Å². The van der Waals surface area contributed by atoms with E-state index in [0.717, 1.165) is 18.4 Å². The summed E-state index contributed by atoms with van der Waals surface area (Å²) in [7, 11) is 1.56. The Hall–Kier alpha value is -3.65. The number of amides is 1. The minimum absolute atomic E-state index is 0.0518. The molecule has 34 heavy (non-hydrogen) atoms. The van der Waals surface area contributed by atoms with Crippen LogP contribution < -0.4 is 21.3 Å². The molecule has 0 radical (unpaired) electrons. The van der Waals surface area contributed by atoms with E-state index in [2.05, 4.69) is 17.4 Å². The number of hydrogen-bond acceptors (Lipinski definition) is 5. The Morgan fingerprint density at radius 2 is 1.79 bits per heavy atom. The predicted octanol–water partition coefficient (Wildman–Crippen LogP) is 3.42. The second-order valence-electron chi connectivity index (χ2n) is 8.24. The molecule has 1 atom stereocenters. The number of nitrogens with zero attached hydrogens (tertiary/aromatic N) is 2. The lowest BCUT2D eigenvalue weighted by Crippen LogP contribution is -2.43. The number of ether oxygens (including phenoxy) is 1. The van der Waals surface area contributed by atoms with Gasteiger partial charge in [-0.3, -0.25) is 18.7 Å². The zero-order valence-electron chi connectivity index (χ0n) is 19.2. The number of aryl methyl sites for hydroxylation is 1. The van der Waals surface area contributed by atoms with E-state index >= 15 is 0 Å². The summed E-state index contributed by atoms with van der Waals surface area (Å²) in [6, 6.07) is 19.0. The molecule has 2 aromatic heterocycles. The Balaban J connectivity index is 1.54. The molecule has 0 unspecified atom stereocenters. The van der Waals surface area contributed by atoms with Gasteiger partial charge in [-0.2, -0.15) is 0 Å². The maximum atomic E-state index is 13.3. The third-order valence-electron chi connectivity index (χ3n) is 5.73. The van der Waals surface area contributed by atoms with E-state index in [9.17, 15) is 14.4 Å². The number of benzene rings is 2. The number of carbonyl (C=O) groups is 1. The van der Waals surface area contributed by atoms with Crippen molar-refractivity contribution >= 4 is 27.5 Å². The van der Waals surface area contributed by atoms with Crippen LogP contribution in [0.2, 0.25) is 0 Å². The highest BCUT2D eigenvalue weighted by molar-refractivity contribution is 7.17. The van der Waals surface area contributed by atoms with E-state index < -0.39 is 5.69 Å². The number of fused-ring (bicyclic) bond motifs is 1. The molecule has 0 spiro atoms. The molecule has 0 aliphatic carbocycles. The van der Waals surface area contributed by atoms with Crippen LogP contribution in [-0.4, -0.2) is 28.2 Å². The van der Waals surface area contributed by atoms with Gasteiger partial charge in [0.1, 0.15) is 17.0 Å².